The molecule has 1 N–H and O–H groups in total. The summed E-state index contributed by atoms with van der Waals surface area (Å²) in [5.74, 6) is 0.652. The molecule has 0 spiro atoms. The molecule has 8 heteroatoms. The van der Waals surface area contributed by atoms with E-state index >= 15 is 0 Å². The standard InChI is InChI=1S/C19H16N4O2S2/c1-25-15-6-4-14(5-7-15)23-9-8-13(22-23)11-20-18(24)17-12-21-19(27-17)16-3-2-10-26-16/h2-10,12H,11H2,1H3,(H,20,24). The molecule has 0 saturated heterocycles. The molecule has 0 unspecified atom stereocenters. The van der Waals surface area contributed by atoms with Gasteiger partial charge < -0.3 is 10.1 Å². The molecule has 0 fully saturated rings. The van der Waals surface area contributed by atoms with Gasteiger partial charge in [0.05, 0.1) is 36.1 Å². The molecule has 3 heterocycles. The quantitative estimate of drug-likeness (QED) is 0.535. The molecule has 0 atom stereocenters. The van der Waals surface area contributed by atoms with Crippen LogP contribution in [0.5, 0.6) is 5.75 Å². The number of carbonyl (C=O) groups excluding carboxylic acids is 1. The number of nitrogens with zero attached hydrogens (tertiary/aromatic N) is 3. The van der Waals surface area contributed by atoms with E-state index in [9.17, 15) is 4.79 Å². The first-order chi connectivity index (χ1) is 13.2. The summed E-state index contributed by atoms with van der Waals surface area (Å²) in [6, 6.07) is 13.5. The summed E-state index contributed by atoms with van der Waals surface area (Å²) >= 11 is 3.00. The van der Waals surface area contributed by atoms with Crippen LogP contribution in [0.3, 0.4) is 0 Å². The summed E-state index contributed by atoms with van der Waals surface area (Å²) in [6.07, 6.45) is 3.48. The van der Waals surface area contributed by atoms with E-state index in [2.05, 4.69) is 15.4 Å². The zero-order valence-electron chi connectivity index (χ0n) is 14.5. The van der Waals surface area contributed by atoms with Crippen LogP contribution in [0.15, 0.2) is 60.2 Å². The zero-order chi connectivity index (χ0) is 18.6. The third kappa shape index (κ3) is 3.91. The highest BCUT2D eigenvalue weighted by molar-refractivity contribution is 7.21. The number of benzene rings is 1. The van der Waals surface area contributed by atoms with Crippen molar-refractivity contribution in [1.82, 2.24) is 20.1 Å². The predicted octanol–water partition coefficient (Wildman–Crippen LogP) is 4.00. The Morgan fingerprint density at radius 3 is 2.81 bits per heavy atom. The number of thiophene rings is 1. The molecule has 6 nitrogen and oxygen atoms in total. The first kappa shape index (κ1) is 17.4. The number of thiazole rings is 1. The average Bonchev–Trinajstić information content (AvgIpc) is 3.47. The molecule has 1 amide bonds. The number of carbonyl (C=O) groups is 1. The Labute approximate surface area is 164 Å². The second kappa shape index (κ2) is 7.73. The van der Waals surface area contributed by atoms with Crippen LogP contribution in [0.4, 0.5) is 0 Å². The lowest BCUT2D eigenvalue weighted by Crippen LogP contribution is -2.22. The van der Waals surface area contributed by atoms with E-state index in [1.807, 2.05) is 54.0 Å². The second-order valence-corrected chi connectivity index (χ2v) is 7.62. The van der Waals surface area contributed by atoms with Gasteiger partial charge in [-0.1, -0.05) is 6.07 Å². The topological polar surface area (TPSA) is 69.0 Å². The second-order valence-electron chi connectivity index (χ2n) is 5.64. The predicted molar refractivity (Wildman–Crippen MR) is 107 cm³/mol. The van der Waals surface area contributed by atoms with Gasteiger partial charge in [0.2, 0.25) is 0 Å². The Bertz CT molecular complexity index is 1040. The van der Waals surface area contributed by atoms with Crippen molar-refractivity contribution in [2.45, 2.75) is 6.54 Å². The normalized spacial score (nSPS) is 10.7. The van der Waals surface area contributed by atoms with Crippen LogP contribution in [-0.2, 0) is 6.54 Å². The van der Waals surface area contributed by atoms with Gasteiger partial charge in [0.15, 0.2) is 0 Å². The summed E-state index contributed by atoms with van der Waals surface area (Å²) in [7, 11) is 1.64. The molecule has 0 saturated carbocycles. The highest BCUT2D eigenvalue weighted by Crippen LogP contribution is 2.28. The summed E-state index contributed by atoms with van der Waals surface area (Å²) in [5, 5.41) is 10.2. The van der Waals surface area contributed by atoms with Gasteiger partial charge in [-0.05, 0) is 41.8 Å². The maximum Gasteiger partial charge on any atom is 0.263 e. The van der Waals surface area contributed by atoms with Gasteiger partial charge in [-0.15, -0.1) is 22.7 Å². The third-order valence-electron chi connectivity index (χ3n) is 3.87. The number of methoxy groups -OCH3 is 1. The fourth-order valence-corrected chi connectivity index (χ4v) is 4.12. The van der Waals surface area contributed by atoms with Gasteiger partial charge in [0.25, 0.3) is 5.91 Å². The minimum absolute atomic E-state index is 0.144. The number of aromatic nitrogens is 3. The zero-order valence-corrected chi connectivity index (χ0v) is 16.1. The van der Waals surface area contributed by atoms with Crippen LogP contribution < -0.4 is 10.1 Å². The molecule has 136 valence electrons. The Morgan fingerprint density at radius 2 is 2.07 bits per heavy atom. The van der Waals surface area contributed by atoms with Crippen LogP contribution in [0.2, 0.25) is 0 Å². The van der Waals surface area contributed by atoms with E-state index in [1.165, 1.54) is 11.3 Å². The fraction of sp³-hybridized carbons (Fsp3) is 0.105. The Morgan fingerprint density at radius 1 is 1.22 bits per heavy atom. The van der Waals surface area contributed by atoms with Gasteiger partial charge in [-0.25, -0.2) is 9.67 Å². The van der Waals surface area contributed by atoms with Crippen LogP contribution in [-0.4, -0.2) is 27.8 Å². The van der Waals surface area contributed by atoms with Crippen LogP contribution in [0.1, 0.15) is 15.4 Å². The maximum atomic E-state index is 12.4. The molecule has 3 aromatic heterocycles. The number of hydrogen-bond donors (Lipinski definition) is 1. The Hall–Kier alpha value is -2.97. The SMILES string of the molecule is COc1ccc(-n2ccc(CNC(=O)c3cnc(-c4cccs4)s3)n2)cc1. The molecule has 0 aliphatic heterocycles. The van der Waals surface area contributed by atoms with Gasteiger partial charge >= 0.3 is 0 Å². The van der Waals surface area contributed by atoms with Crippen molar-refractivity contribution in [1.29, 1.82) is 0 Å². The Kier molecular flexibility index (Phi) is 4.99. The van der Waals surface area contributed by atoms with Crippen LogP contribution >= 0.6 is 22.7 Å². The lowest BCUT2D eigenvalue weighted by atomic mass is 10.3. The first-order valence-electron chi connectivity index (χ1n) is 8.20. The van der Waals surface area contributed by atoms with E-state index in [4.69, 9.17) is 4.74 Å². The fourth-order valence-electron chi connectivity index (χ4n) is 2.49. The van der Waals surface area contributed by atoms with Crippen molar-refractivity contribution in [2.24, 2.45) is 0 Å². The lowest BCUT2D eigenvalue weighted by Gasteiger charge is -2.03. The highest BCUT2D eigenvalue weighted by Gasteiger charge is 2.12. The molecular formula is C19H16N4O2S2. The molecule has 27 heavy (non-hydrogen) atoms. The molecule has 0 aliphatic carbocycles. The molecule has 0 bridgehead atoms. The molecular weight excluding hydrogens is 380 g/mol. The third-order valence-corrected chi connectivity index (χ3v) is 5.91. The molecule has 0 aliphatic rings. The average molecular weight is 396 g/mol. The number of hydrogen-bond acceptors (Lipinski definition) is 6. The van der Waals surface area contributed by atoms with E-state index in [0.29, 0.717) is 11.4 Å². The van der Waals surface area contributed by atoms with Crippen LogP contribution in [0, 0.1) is 0 Å². The first-order valence-corrected chi connectivity index (χ1v) is 9.89. The van der Waals surface area contributed by atoms with Crippen molar-refractivity contribution < 1.29 is 9.53 Å². The summed E-state index contributed by atoms with van der Waals surface area (Å²) in [6.45, 7) is 0.355. The molecule has 4 aromatic rings. The summed E-state index contributed by atoms with van der Waals surface area (Å²) in [5.41, 5.74) is 1.71. The van der Waals surface area contributed by atoms with Gasteiger partial charge in [-0.3, -0.25) is 4.79 Å². The van der Waals surface area contributed by atoms with Gasteiger partial charge in [-0.2, -0.15) is 5.10 Å². The van der Waals surface area contributed by atoms with E-state index in [0.717, 1.165) is 27.0 Å². The number of amides is 1. The van der Waals surface area contributed by atoms with E-state index in [1.54, 1.807) is 29.3 Å². The van der Waals surface area contributed by atoms with Crippen molar-refractivity contribution in [3.05, 3.63) is 70.8 Å². The lowest BCUT2D eigenvalue weighted by molar-refractivity contribution is 0.0954. The van der Waals surface area contributed by atoms with Gasteiger partial charge in [0, 0.05) is 6.20 Å². The van der Waals surface area contributed by atoms with E-state index in [-0.39, 0.29) is 5.91 Å². The van der Waals surface area contributed by atoms with Crippen molar-refractivity contribution in [3.8, 4) is 21.3 Å². The molecule has 1 aromatic carbocycles. The maximum absolute atomic E-state index is 12.4. The molecule has 4 rings (SSSR count). The number of rotatable bonds is 6. The van der Waals surface area contributed by atoms with Crippen molar-refractivity contribution in [3.63, 3.8) is 0 Å². The summed E-state index contributed by atoms with van der Waals surface area (Å²) < 4.78 is 6.93. The van der Waals surface area contributed by atoms with Crippen LogP contribution in [0.25, 0.3) is 15.6 Å². The number of ether oxygens (including phenoxy) is 1. The largest absolute Gasteiger partial charge is 0.497 e. The summed E-state index contributed by atoms with van der Waals surface area (Å²) in [4.78, 5) is 18.4. The monoisotopic (exact) mass is 396 g/mol. The number of nitrogens with one attached hydrogen (secondary N) is 1. The van der Waals surface area contributed by atoms with Crippen molar-refractivity contribution in [2.75, 3.05) is 7.11 Å². The minimum Gasteiger partial charge on any atom is -0.497 e. The van der Waals surface area contributed by atoms with Crippen molar-refractivity contribution >= 4 is 28.6 Å². The highest BCUT2D eigenvalue weighted by atomic mass is 32.1. The smallest absolute Gasteiger partial charge is 0.263 e. The van der Waals surface area contributed by atoms with E-state index < -0.39 is 0 Å². The molecule has 0 radical (unpaired) electrons. The van der Waals surface area contributed by atoms with Gasteiger partial charge in [0.1, 0.15) is 15.6 Å². The minimum atomic E-state index is -0.144. The Balaban J connectivity index is 1.39.